The number of carbonyl (C=O) groups is 3. The van der Waals surface area contributed by atoms with Gasteiger partial charge in [-0.25, -0.2) is 4.79 Å². The summed E-state index contributed by atoms with van der Waals surface area (Å²) < 4.78 is 11.3. The molecule has 0 bridgehead atoms. The summed E-state index contributed by atoms with van der Waals surface area (Å²) in [6.45, 7) is 7.63. The van der Waals surface area contributed by atoms with Crippen LogP contribution in [0.3, 0.4) is 0 Å². The average Bonchev–Trinajstić information content (AvgIpc) is 2.78. The summed E-state index contributed by atoms with van der Waals surface area (Å²) in [7, 11) is 0. The lowest BCUT2D eigenvalue weighted by molar-refractivity contribution is -0.147. The van der Waals surface area contributed by atoms with Gasteiger partial charge in [-0.1, -0.05) is 0 Å². The zero-order valence-electron chi connectivity index (χ0n) is 18.5. The first-order chi connectivity index (χ1) is 15.7. The molecule has 10 nitrogen and oxygen atoms in total. The lowest BCUT2D eigenvalue weighted by Crippen LogP contribution is -2.41. The summed E-state index contributed by atoms with van der Waals surface area (Å²) in [5, 5.41) is 24.0. The second-order valence-corrected chi connectivity index (χ2v) is 7.69. The number of hydrogen-bond acceptors (Lipinski definition) is 7. The Bertz CT molecular complexity index is 1030. The van der Waals surface area contributed by atoms with E-state index in [2.05, 4.69) is 15.5 Å². The number of phenolic OH excluding ortho intramolecular Hbond substituents is 1. The maximum absolute atomic E-state index is 12.6. The Hall–Kier alpha value is -3.63. The van der Waals surface area contributed by atoms with Crippen LogP contribution in [0.2, 0.25) is 0 Å². The number of carboxylic acid groups (broad SMARTS) is 1. The summed E-state index contributed by atoms with van der Waals surface area (Å²) in [4.78, 5) is 36.9. The summed E-state index contributed by atoms with van der Waals surface area (Å²) >= 11 is 0. The van der Waals surface area contributed by atoms with Crippen molar-refractivity contribution in [3.63, 3.8) is 0 Å². The van der Waals surface area contributed by atoms with Crippen LogP contribution in [0.5, 0.6) is 17.2 Å². The van der Waals surface area contributed by atoms with E-state index in [1.54, 1.807) is 32.0 Å². The molecular formula is C23H27N3O7. The highest BCUT2D eigenvalue weighted by atomic mass is 16.5. The normalized spacial score (nSPS) is 13.9. The van der Waals surface area contributed by atoms with Crippen molar-refractivity contribution >= 4 is 23.5 Å². The fourth-order valence-corrected chi connectivity index (χ4v) is 3.49. The maximum atomic E-state index is 12.6. The van der Waals surface area contributed by atoms with Gasteiger partial charge in [-0.05, 0) is 55.3 Å². The van der Waals surface area contributed by atoms with Gasteiger partial charge in [0.15, 0.2) is 0 Å². The monoisotopic (exact) mass is 457 g/mol. The topological polar surface area (TPSA) is 137 Å². The molecule has 0 atom stereocenters. The number of aliphatic carboxylic acids is 1. The molecule has 0 unspecified atom stereocenters. The summed E-state index contributed by atoms with van der Waals surface area (Å²) in [6, 6.07) is 7.56. The largest absolute Gasteiger partial charge is 0.507 e. The van der Waals surface area contributed by atoms with Gasteiger partial charge in [-0.15, -0.1) is 0 Å². The number of nitrogens with one attached hydrogen (secondary N) is 2. The molecule has 2 aromatic carbocycles. The zero-order chi connectivity index (χ0) is 24.0. The van der Waals surface area contributed by atoms with E-state index in [0.29, 0.717) is 54.6 Å². The van der Waals surface area contributed by atoms with Crippen molar-refractivity contribution in [3.8, 4) is 17.2 Å². The molecule has 1 aliphatic heterocycles. The number of rotatable bonds is 7. The number of carbonyl (C=O) groups excluding carboxylic acids is 2. The Labute approximate surface area is 191 Å². The number of phenols is 1. The Kier molecular flexibility index (Phi) is 7.86. The van der Waals surface area contributed by atoms with Crippen LogP contribution in [0.1, 0.15) is 21.5 Å². The molecule has 176 valence electrons. The summed E-state index contributed by atoms with van der Waals surface area (Å²) in [5.41, 5.74) is 1.73. The van der Waals surface area contributed by atoms with Crippen LogP contribution in [0.15, 0.2) is 30.3 Å². The molecule has 1 saturated heterocycles. The minimum Gasteiger partial charge on any atom is -0.507 e. The smallest absolute Gasteiger partial charge is 0.394 e. The van der Waals surface area contributed by atoms with Gasteiger partial charge in [0.2, 0.25) is 0 Å². The van der Waals surface area contributed by atoms with Crippen LogP contribution in [0.25, 0.3) is 0 Å². The summed E-state index contributed by atoms with van der Waals surface area (Å²) in [5.74, 6) is -2.44. The van der Waals surface area contributed by atoms with E-state index >= 15 is 0 Å². The molecule has 0 aliphatic carbocycles. The number of hydrogen-bond donors (Lipinski definition) is 4. The number of aryl methyl sites for hydroxylation is 2. The second-order valence-electron chi connectivity index (χ2n) is 7.69. The summed E-state index contributed by atoms with van der Waals surface area (Å²) in [6.07, 6.45) is 0. The number of ether oxygens (including phenoxy) is 2. The van der Waals surface area contributed by atoms with E-state index < -0.39 is 17.8 Å². The van der Waals surface area contributed by atoms with Crippen molar-refractivity contribution in [3.05, 3.63) is 47.0 Å². The van der Waals surface area contributed by atoms with Gasteiger partial charge in [0.1, 0.15) is 17.2 Å². The lowest BCUT2D eigenvalue weighted by Gasteiger charge is -2.26. The molecular weight excluding hydrogens is 430 g/mol. The molecule has 10 heteroatoms. The number of morpholine rings is 1. The molecule has 0 aromatic heterocycles. The lowest BCUT2D eigenvalue weighted by atomic mass is 10.1. The van der Waals surface area contributed by atoms with Crippen LogP contribution in [-0.2, 0) is 14.3 Å². The number of benzene rings is 2. The van der Waals surface area contributed by atoms with Gasteiger partial charge >= 0.3 is 11.9 Å². The van der Waals surface area contributed by atoms with Crippen LogP contribution in [-0.4, -0.2) is 72.3 Å². The second kappa shape index (κ2) is 10.8. The van der Waals surface area contributed by atoms with Gasteiger partial charge in [0.25, 0.3) is 5.91 Å². The molecule has 2 amide bonds. The number of amides is 2. The highest BCUT2D eigenvalue weighted by Crippen LogP contribution is 2.33. The van der Waals surface area contributed by atoms with Crippen LogP contribution in [0.4, 0.5) is 5.69 Å². The number of aromatic hydroxyl groups is 1. The molecule has 3 rings (SSSR count). The minimum atomic E-state index is -1.58. The molecule has 4 N–H and O–H groups in total. The Morgan fingerprint density at radius 2 is 1.76 bits per heavy atom. The highest BCUT2D eigenvalue weighted by molar-refractivity contribution is 6.36. The maximum Gasteiger partial charge on any atom is 0.394 e. The van der Waals surface area contributed by atoms with Gasteiger partial charge in [-0.2, -0.15) is 0 Å². The van der Waals surface area contributed by atoms with Crippen LogP contribution < -0.4 is 15.4 Å². The minimum absolute atomic E-state index is 0.0927. The van der Waals surface area contributed by atoms with Crippen molar-refractivity contribution < 1.29 is 34.1 Å². The number of carboxylic acids is 1. The third-order valence-corrected chi connectivity index (χ3v) is 5.16. The molecule has 0 saturated carbocycles. The highest BCUT2D eigenvalue weighted by Gasteiger charge is 2.17. The molecule has 1 heterocycles. The fourth-order valence-electron chi connectivity index (χ4n) is 3.49. The van der Waals surface area contributed by atoms with E-state index in [9.17, 15) is 19.5 Å². The molecule has 0 radical (unpaired) electrons. The van der Waals surface area contributed by atoms with Crippen LogP contribution >= 0.6 is 0 Å². The Morgan fingerprint density at radius 3 is 2.39 bits per heavy atom. The van der Waals surface area contributed by atoms with Crippen molar-refractivity contribution in [2.45, 2.75) is 13.8 Å². The van der Waals surface area contributed by atoms with E-state index in [-0.39, 0.29) is 11.3 Å². The quantitative estimate of drug-likeness (QED) is 0.463. The van der Waals surface area contributed by atoms with Gasteiger partial charge in [-0.3, -0.25) is 14.5 Å². The van der Waals surface area contributed by atoms with Crippen LogP contribution in [0, 0.1) is 13.8 Å². The average molecular weight is 457 g/mol. The molecule has 2 aromatic rings. The van der Waals surface area contributed by atoms with Gasteiger partial charge in [0, 0.05) is 31.9 Å². The van der Waals surface area contributed by atoms with Crippen molar-refractivity contribution in [2.75, 3.05) is 44.7 Å². The first-order valence-corrected chi connectivity index (χ1v) is 10.5. The zero-order valence-corrected chi connectivity index (χ0v) is 18.5. The van der Waals surface area contributed by atoms with Crippen molar-refractivity contribution in [1.29, 1.82) is 0 Å². The molecule has 1 aliphatic rings. The SMILES string of the molecule is Cc1cc(NC(=O)C(=O)O)cc(C)c1Oc1ccc(O)c(C(=O)NCCN2CCOCC2)c1. The standard InChI is InChI=1S/C23H27N3O7/c1-14-11-16(25-22(29)23(30)31)12-15(2)20(14)33-17-3-4-19(27)18(13-17)21(28)24-5-6-26-7-9-32-10-8-26/h3-4,11-13,27H,5-10H2,1-2H3,(H,24,28)(H,25,29)(H,30,31). The number of anilines is 1. The molecule has 0 spiro atoms. The third-order valence-electron chi connectivity index (χ3n) is 5.16. The predicted octanol–water partition coefficient (Wildman–Crippen LogP) is 1.89. The number of nitrogens with zero attached hydrogens (tertiary/aromatic N) is 1. The van der Waals surface area contributed by atoms with Crippen molar-refractivity contribution in [2.24, 2.45) is 0 Å². The van der Waals surface area contributed by atoms with Gasteiger partial charge < -0.3 is 30.3 Å². The van der Waals surface area contributed by atoms with E-state index in [1.807, 2.05) is 0 Å². The van der Waals surface area contributed by atoms with Crippen molar-refractivity contribution in [1.82, 2.24) is 10.2 Å². The predicted molar refractivity (Wildman–Crippen MR) is 120 cm³/mol. The first kappa shape index (κ1) is 24.0. The van der Waals surface area contributed by atoms with E-state index in [1.165, 1.54) is 12.1 Å². The first-order valence-electron chi connectivity index (χ1n) is 10.5. The molecule has 1 fully saturated rings. The Balaban J connectivity index is 1.68. The Morgan fingerprint density at radius 1 is 1.09 bits per heavy atom. The fraction of sp³-hybridized carbons (Fsp3) is 0.348. The molecule has 33 heavy (non-hydrogen) atoms. The van der Waals surface area contributed by atoms with Gasteiger partial charge in [0.05, 0.1) is 18.8 Å². The third kappa shape index (κ3) is 6.43. The van der Waals surface area contributed by atoms with E-state index in [0.717, 1.165) is 13.1 Å². The van der Waals surface area contributed by atoms with E-state index in [4.69, 9.17) is 14.6 Å².